The predicted octanol–water partition coefficient (Wildman–Crippen LogP) is 0.994. The summed E-state index contributed by atoms with van der Waals surface area (Å²) in [5.74, 6) is -2.37. The molecule has 1 unspecified atom stereocenters. The number of carboxylic acid groups (broad SMARTS) is 1. The minimum absolute atomic E-state index is 0.228. The van der Waals surface area contributed by atoms with E-state index in [1.54, 1.807) is 0 Å². The highest BCUT2D eigenvalue weighted by Crippen LogP contribution is 2.13. The summed E-state index contributed by atoms with van der Waals surface area (Å²) >= 11 is -2.25. The van der Waals surface area contributed by atoms with E-state index in [0.717, 1.165) is 12.8 Å². The molecule has 0 aromatic heterocycles. The molecule has 0 fully saturated rings. The van der Waals surface area contributed by atoms with Gasteiger partial charge in [0.05, 0.1) is 5.75 Å². The molecule has 0 heterocycles. The summed E-state index contributed by atoms with van der Waals surface area (Å²) in [5, 5.41) is 11.2. The molecule has 0 aliphatic carbocycles. The number of hydrogen-bond acceptors (Lipinski definition) is 3. The van der Waals surface area contributed by atoms with Crippen LogP contribution in [0.3, 0.4) is 0 Å². The second-order valence-electron chi connectivity index (χ2n) is 4.16. The summed E-state index contributed by atoms with van der Waals surface area (Å²) in [6.07, 6.45) is 3.05. The third-order valence-corrected chi connectivity index (χ3v) is 3.19. The molecule has 0 radical (unpaired) electrons. The van der Waals surface area contributed by atoms with Gasteiger partial charge < -0.3 is 15.0 Å². The van der Waals surface area contributed by atoms with Crippen LogP contribution in [0.4, 0.5) is 0 Å². The first-order chi connectivity index (χ1) is 8.42. The molecule has 0 rings (SSSR count). The molecule has 106 valence electrons. The number of carbonyl (C=O) groups excluding carboxylic acids is 1. The topological polar surface area (TPSA) is 104 Å². The van der Waals surface area contributed by atoms with Gasteiger partial charge in [0, 0.05) is 5.92 Å². The Labute approximate surface area is 109 Å². The smallest absolute Gasteiger partial charge is 0.327 e. The van der Waals surface area contributed by atoms with Crippen LogP contribution in [-0.4, -0.2) is 37.5 Å². The van der Waals surface area contributed by atoms with Crippen molar-refractivity contribution in [1.29, 1.82) is 0 Å². The molecule has 1 amide bonds. The first-order valence-corrected chi connectivity index (χ1v) is 7.30. The number of amides is 1. The van der Waals surface area contributed by atoms with Gasteiger partial charge >= 0.3 is 5.97 Å². The molecule has 0 saturated carbocycles. The first-order valence-electron chi connectivity index (χ1n) is 6.02. The van der Waals surface area contributed by atoms with Gasteiger partial charge in [-0.3, -0.25) is 4.79 Å². The van der Waals surface area contributed by atoms with E-state index in [9.17, 15) is 13.8 Å². The Morgan fingerprint density at radius 3 is 2.06 bits per heavy atom. The monoisotopic (exact) mass is 279 g/mol. The summed E-state index contributed by atoms with van der Waals surface area (Å²) in [7, 11) is 0. The summed E-state index contributed by atoms with van der Waals surface area (Å²) in [6.45, 7) is 3.90. The second kappa shape index (κ2) is 9.04. The zero-order valence-electron chi connectivity index (χ0n) is 10.7. The van der Waals surface area contributed by atoms with E-state index in [-0.39, 0.29) is 11.8 Å². The fourth-order valence-electron chi connectivity index (χ4n) is 1.71. The number of aliphatic carboxylic acids is 1. The van der Waals surface area contributed by atoms with Crippen molar-refractivity contribution < 1.29 is 23.5 Å². The summed E-state index contributed by atoms with van der Waals surface area (Å²) in [5.41, 5.74) is 0. The van der Waals surface area contributed by atoms with Gasteiger partial charge in [0.15, 0.2) is 11.1 Å². The van der Waals surface area contributed by atoms with E-state index in [2.05, 4.69) is 5.32 Å². The van der Waals surface area contributed by atoms with Crippen molar-refractivity contribution in [1.82, 2.24) is 5.32 Å². The lowest BCUT2D eigenvalue weighted by molar-refractivity contribution is -0.141. The van der Waals surface area contributed by atoms with Crippen LogP contribution in [0.15, 0.2) is 0 Å². The normalized spacial score (nSPS) is 14.2. The van der Waals surface area contributed by atoms with Crippen LogP contribution in [0.1, 0.15) is 39.5 Å². The maximum Gasteiger partial charge on any atom is 0.327 e. The van der Waals surface area contributed by atoms with Gasteiger partial charge in [-0.2, -0.15) is 0 Å². The highest BCUT2D eigenvalue weighted by atomic mass is 32.2. The molecule has 0 spiro atoms. The van der Waals surface area contributed by atoms with Crippen LogP contribution in [0, 0.1) is 5.92 Å². The van der Waals surface area contributed by atoms with Gasteiger partial charge in [0.2, 0.25) is 5.91 Å². The Morgan fingerprint density at radius 2 is 1.72 bits per heavy atom. The van der Waals surface area contributed by atoms with Crippen molar-refractivity contribution in [2.75, 3.05) is 5.75 Å². The molecule has 0 aliphatic rings. The number of nitrogens with one attached hydrogen (secondary N) is 1. The molecule has 18 heavy (non-hydrogen) atoms. The zero-order chi connectivity index (χ0) is 14.1. The van der Waals surface area contributed by atoms with E-state index in [0.29, 0.717) is 12.8 Å². The SMILES string of the molecule is CCCC(CCC)C(=O)N[C@@H](CS(=O)O)C(=O)O. The molecule has 6 nitrogen and oxygen atoms in total. The minimum atomic E-state index is -2.25. The average Bonchev–Trinajstić information content (AvgIpc) is 2.27. The molecule has 7 heteroatoms. The van der Waals surface area contributed by atoms with Crippen molar-refractivity contribution in [3.05, 3.63) is 0 Å². The molecular formula is C11H21NO5S. The fraction of sp³-hybridized carbons (Fsp3) is 0.818. The van der Waals surface area contributed by atoms with Crippen molar-refractivity contribution in [3.63, 3.8) is 0 Å². The number of carbonyl (C=O) groups is 2. The Bertz CT molecular complexity index is 302. The van der Waals surface area contributed by atoms with Gasteiger partial charge in [-0.25, -0.2) is 9.00 Å². The quantitative estimate of drug-likeness (QED) is 0.546. The highest BCUT2D eigenvalue weighted by Gasteiger charge is 2.25. The van der Waals surface area contributed by atoms with Gasteiger partial charge in [-0.1, -0.05) is 26.7 Å². The maximum atomic E-state index is 11.9. The van der Waals surface area contributed by atoms with E-state index < -0.39 is 28.8 Å². The average molecular weight is 279 g/mol. The van der Waals surface area contributed by atoms with Crippen LogP contribution >= 0.6 is 0 Å². The standard InChI is InChI=1S/C11H21NO5S/c1-3-5-8(6-4-2)10(13)12-9(11(14)15)7-18(16)17/h8-9H,3-7H2,1-2H3,(H,12,13)(H,14,15)(H,16,17)/t9-/m0/s1. The third-order valence-electron chi connectivity index (χ3n) is 2.57. The Morgan fingerprint density at radius 1 is 1.22 bits per heavy atom. The zero-order valence-corrected chi connectivity index (χ0v) is 11.5. The van der Waals surface area contributed by atoms with Gasteiger partial charge in [0.1, 0.15) is 6.04 Å². The van der Waals surface area contributed by atoms with Crippen LogP contribution in [-0.2, 0) is 20.7 Å². The largest absolute Gasteiger partial charge is 0.480 e. The molecule has 3 N–H and O–H groups in total. The molecular weight excluding hydrogens is 258 g/mol. The molecule has 0 aliphatic heterocycles. The number of carboxylic acids is 1. The highest BCUT2D eigenvalue weighted by molar-refractivity contribution is 7.79. The third kappa shape index (κ3) is 6.70. The van der Waals surface area contributed by atoms with Crippen molar-refractivity contribution in [2.45, 2.75) is 45.6 Å². The molecule has 0 aromatic rings. The maximum absolute atomic E-state index is 11.9. The van der Waals surface area contributed by atoms with Gasteiger partial charge in [-0.15, -0.1) is 0 Å². The van der Waals surface area contributed by atoms with Crippen LogP contribution in [0.5, 0.6) is 0 Å². The first kappa shape index (κ1) is 17.1. The van der Waals surface area contributed by atoms with Gasteiger partial charge in [-0.05, 0) is 12.8 Å². The van der Waals surface area contributed by atoms with E-state index >= 15 is 0 Å². The molecule has 2 atom stereocenters. The van der Waals surface area contributed by atoms with Crippen LogP contribution in [0.2, 0.25) is 0 Å². The Hall–Kier alpha value is -0.950. The van der Waals surface area contributed by atoms with E-state index in [1.807, 2.05) is 13.8 Å². The molecule has 0 bridgehead atoms. The summed E-state index contributed by atoms with van der Waals surface area (Å²) in [6, 6.07) is -1.31. The lowest BCUT2D eigenvalue weighted by Crippen LogP contribution is -2.46. The minimum Gasteiger partial charge on any atom is -0.480 e. The van der Waals surface area contributed by atoms with Crippen molar-refractivity contribution in [2.24, 2.45) is 5.92 Å². The van der Waals surface area contributed by atoms with Gasteiger partial charge in [0.25, 0.3) is 0 Å². The molecule has 0 saturated heterocycles. The predicted molar refractivity (Wildman–Crippen MR) is 68.5 cm³/mol. The Balaban J connectivity index is 4.54. The fourth-order valence-corrected chi connectivity index (χ4v) is 2.22. The van der Waals surface area contributed by atoms with Crippen LogP contribution in [0.25, 0.3) is 0 Å². The lowest BCUT2D eigenvalue weighted by Gasteiger charge is -2.18. The van der Waals surface area contributed by atoms with Crippen molar-refractivity contribution >= 4 is 23.0 Å². The summed E-state index contributed by atoms with van der Waals surface area (Å²) in [4.78, 5) is 22.7. The number of hydrogen-bond donors (Lipinski definition) is 3. The Kier molecular flexibility index (Phi) is 8.57. The summed E-state index contributed by atoms with van der Waals surface area (Å²) < 4.78 is 19.3. The lowest BCUT2D eigenvalue weighted by atomic mass is 9.97. The number of rotatable bonds is 9. The van der Waals surface area contributed by atoms with E-state index in [1.165, 1.54) is 0 Å². The van der Waals surface area contributed by atoms with Crippen LogP contribution < -0.4 is 5.32 Å². The van der Waals surface area contributed by atoms with E-state index in [4.69, 9.17) is 9.66 Å². The molecule has 0 aromatic carbocycles. The second-order valence-corrected chi connectivity index (χ2v) is 5.14. The van der Waals surface area contributed by atoms with Crippen molar-refractivity contribution in [3.8, 4) is 0 Å².